The van der Waals surface area contributed by atoms with Crippen LogP contribution in [0.25, 0.3) is 11.0 Å². The van der Waals surface area contributed by atoms with Crippen molar-refractivity contribution in [2.75, 3.05) is 11.9 Å². The molecule has 1 aliphatic carbocycles. The van der Waals surface area contributed by atoms with E-state index in [0.29, 0.717) is 34.1 Å². The molecule has 1 saturated carbocycles. The van der Waals surface area contributed by atoms with Crippen molar-refractivity contribution < 1.29 is 9.59 Å². The zero-order chi connectivity index (χ0) is 24.4. The summed E-state index contributed by atoms with van der Waals surface area (Å²) in [4.78, 5) is 44.1. The fourth-order valence-electron chi connectivity index (χ4n) is 5.25. The Bertz CT molecular complexity index is 1240. The van der Waals surface area contributed by atoms with E-state index in [0.717, 1.165) is 19.3 Å². The molecule has 0 spiro atoms. The second-order valence-electron chi connectivity index (χ2n) is 9.73. The summed E-state index contributed by atoms with van der Waals surface area (Å²) >= 11 is 0. The molecule has 8 nitrogen and oxygen atoms in total. The van der Waals surface area contributed by atoms with Crippen LogP contribution in [0.3, 0.4) is 0 Å². The van der Waals surface area contributed by atoms with E-state index in [2.05, 4.69) is 31.1 Å². The second-order valence-corrected chi connectivity index (χ2v) is 9.73. The van der Waals surface area contributed by atoms with Gasteiger partial charge in [-0.15, -0.1) is 0 Å². The summed E-state index contributed by atoms with van der Waals surface area (Å²) in [6.07, 6.45) is 6.06. The van der Waals surface area contributed by atoms with Gasteiger partial charge in [-0.1, -0.05) is 27.2 Å². The van der Waals surface area contributed by atoms with Gasteiger partial charge in [-0.25, -0.2) is 9.36 Å². The van der Waals surface area contributed by atoms with E-state index in [1.807, 2.05) is 0 Å². The van der Waals surface area contributed by atoms with Gasteiger partial charge in [0.05, 0.1) is 22.9 Å². The first kappa shape index (κ1) is 23.9. The second kappa shape index (κ2) is 9.93. The summed E-state index contributed by atoms with van der Waals surface area (Å²) in [5.74, 6) is 0.377. The van der Waals surface area contributed by atoms with Gasteiger partial charge in [-0.2, -0.15) is 0 Å². The van der Waals surface area contributed by atoms with Crippen LogP contribution in [-0.4, -0.2) is 32.5 Å². The van der Waals surface area contributed by atoms with Crippen molar-refractivity contribution in [3.8, 4) is 0 Å². The number of rotatable bonds is 6. The van der Waals surface area contributed by atoms with Crippen LogP contribution in [0.1, 0.15) is 55.2 Å². The zero-order valence-corrected chi connectivity index (χ0v) is 20.0. The summed E-state index contributed by atoms with van der Waals surface area (Å²) in [5, 5.41) is 2.81. The van der Waals surface area contributed by atoms with Crippen molar-refractivity contribution in [2.24, 2.45) is 29.4 Å². The van der Waals surface area contributed by atoms with Crippen molar-refractivity contribution in [3.63, 3.8) is 0 Å². The maximum Gasteiger partial charge on any atom is 0.336 e. The van der Waals surface area contributed by atoms with E-state index in [1.165, 1.54) is 9.13 Å². The fraction of sp³-hybridized carbons (Fsp3) is 0.462. The number of fused-ring (bicyclic) bond motifs is 1. The Morgan fingerprint density at radius 2 is 2.00 bits per heavy atom. The highest BCUT2D eigenvalue weighted by molar-refractivity contribution is 6.06. The van der Waals surface area contributed by atoms with Crippen LogP contribution >= 0.6 is 0 Å². The Kier molecular flexibility index (Phi) is 6.97. The molecule has 0 radical (unpaired) electrons. The predicted octanol–water partition coefficient (Wildman–Crippen LogP) is 3.76. The lowest BCUT2D eigenvalue weighted by atomic mass is 9.69. The van der Waals surface area contributed by atoms with E-state index in [1.54, 1.807) is 42.7 Å². The summed E-state index contributed by atoms with van der Waals surface area (Å²) in [6.45, 7) is 6.97. The van der Waals surface area contributed by atoms with Gasteiger partial charge in [0.15, 0.2) is 0 Å². The molecule has 1 aliphatic rings. The number of nitrogens with two attached hydrogens (primary N) is 1. The minimum atomic E-state index is -0.393. The maximum atomic E-state index is 13.8. The number of nitrogens with one attached hydrogen (secondary N) is 1. The number of amides is 1. The van der Waals surface area contributed by atoms with Gasteiger partial charge in [0.25, 0.3) is 5.91 Å². The van der Waals surface area contributed by atoms with Crippen molar-refractivity contribution >= 4 is 28.5 Å². The van der Waals surface area contributed by atoms with Gasteiger partial charge in [-0.05, 0) is 60.9 Å². The average molecular weight is 464 g/mol. The standard InChI is InChI=1S/C26H33N5O3/c1-16(2)20-8-6-17(3)13-21(20)25(33)31-22-9-7-18(14-23(22)30(12-10-27)26(31)34)24(32)29-19-5-4-11-28-15-19/h4-5,7,9,11,14-17,20-21H,6,8,10,12-13,27H2,1-3H3,(H,29,32). The van der Waals surface area contributed by atoms with Crippen molar-refractivity contribution in [1.82, 2.24) is 14.1 Å². The normalized spacial score (nSPS) is 20.6. The Labute approximate surface area is 199 Å². The molecular formula is C26H33N5O3. The lowest BCUT2D eigenvalue weighted by molar-refractivity contribution is 0.0633. The third-order valence-electron chi connectivity index (χ3n) is 7.02. The molecule has 1 aromatic carbocycles. The number of pyridine rings is 1. The molecule has 0 bridgehead atoms. The molecule has 8 heteroatoms. The summed E-state index contributed by atoms with van der Waals surface area (Å²) in [5.41, 5.74) is 7.41. The molecule has 3 aromatic rings. The molecule has 0 aliphatic heterocycles. The third-order valence-corrected chi connectivity index (χ3v) is 7.02. The number of anilines is 1. The Morgan fingerprint density at radius 1 is 1.21 bits per heavy atom. The molecule has 3 unspecified atom stereocenters. The van der Waals surface area contributed by atoms with Crippen molar-refractivity contribution in [1.29, 1.82) is 0 Å². The minimum absolute atomic E-state index is 0.149. The summed E-state index contributed by atoms with van der Waals surface area (Å²) in [6, 6.07) is 8.48. The van der Waals surface area contributed by atoms with Gasteiger partial charge < -0.3 is 11.1 Å². The first-order valence-electron chi connectivity index (χ1n) is 12.0. The Hall–Kier alpha value is -3.26. The van der Waals surface area contributed by atoms with Gasteiger partial charge in [-0.3, -0.25) is 19.1 Å². The Balaban J connectivity index is 1.76. The molecule has 3 atom stereocenters. The topological polar surface area (TPSA) is 112 Å². The molecule has 2 aromatic heterocycles. The largest absolute Gasteiger partial charge is 0.336 e. The molecule has 0 saturated heterocycles. The number of hydrogen-bond donors (Lipinski definition) is 2. The molecule has 1 amide bonds. The third kappa shape index (κ3) is 4.55. The smallest absolute Gasteiger partial charge is 0.329 e. The average Bonchev–Trinajstić information content (AvgIpc) is 3.10. The van der Waals surface area contributed by atoms with E-state index in [-0.39, 0.29) is 36.7 Å². The van der Waals surface area contributed by atoms with Crippen LogP contribution in [0.15, 0.2) is 47.5 Å². The quantitative estimate of drug-likeness (QED) is 0.578. The number of benzene rings is 1. The first-order chi connectivity index (χ1) is 16.3. The number of aromatic nitrogens is 3. The van der Waals surface area contributed by atoms with Crippen molar-refractivity contribution in [2.45, 2.75) is 46.6 Å². The molecule has 1 fully saturated rings. The van der Waals surface area contributed by atoms with Gasteiger partial charge in [0, 0.05) is 30.8 Å². The first-order valence-corrected chi connectivity index (χ1v) is 12.0. The summed E-state index contributed by atoms with van der Waals surface area (Å²) < 4.78 is 2.82. The Morgan fingerprint density at radius 3 is 2.68 bits per heavy atom. The molecule has 2 heterocycles. The number of carbonyl (C=O) groups is 2. The predicted molar refractivity (Wildman–Crippen MR) is 133 cm³/mol. The lowest BCUT2D eigenvalue weighted by Gasteiger charge is -2.36. The van der Waals surface area contributed by atoms with E-state index in [4.69, 9.17) is 5.73 Å². The van der Waals surface area contributed by atoms with Crippen LogP contribution < -0.4 is 16.7 Å². The minimum Gasteiger partial charge on any atom is -0.329 e. The number of imidazole rings is 1. The van der Waals surface area contributed by atoms with Crippen LogP contribution in [-0.2, 0) is 6.54 Å². The van der Waals surface area contributed by atoms with Crippen LogP contribution in [0.5, 0.6) is 0 Å². The molecule has 3 N–H and O–H groups in total. The van der Waals surface area contributed by atoms with E-state index in [9.17, 15) is 14.4 Å². The van der Waals surface area contributed by atoms with Gasteiger partial charge in [0.2, 0.25) is 5.91 Å². The highest BCUT2D eigenvalue weighted by Crippen LogP contribution is 2.39. The van der Waals surface area contributed by atoms with E-state index >= 15 is 0 Å². The monoisotopic (exact) mass is 463 g/mol. The molecule has 34 heavy (non-hydrogen) atoms. The van der Waals surface area contributed by atoms with Crippen LogP contribution in [0.4, 0.5) is 5.69 Å². The van der Waals surface area contributed by atoms with Gasteiger partial charge >= 0.3 is 5.69 Å². The number of nitrogens with zero attached hydrogens (tertiary/aromatic N) is 3. The number of hydrogen-bond acceptors (Lipinski definition) is 5. The van der Waals surface area contributed by atoms with Gasteiger partial charge in [0.1, 0.15) is 0 Å². The van der Waals surface area contributed by atoms with Crippen LogP contribution in [0, 0.1) is 23.7 Å². The van der Waals surface area contributed by atoms with Crippen LogP contribution in [0.2, 0.25) is 0 Å². The lowest BCUT2D eigenvalue weighted by Crippen LogP contribution is -2.40. The fourth-order valence-corrected chi connectivity index (χ4v) is 5.25. The SMILES string of the molecule is CC1CCC(C(C)C)C(C(=O)n2c(=O)n(CCN)c3cc(C(=O)Nc4cccnc4)ccc32)C1. The highest BCUT2D eigenvalue weighted by atomic mass is 16.2. The molecule has 4 rings (SSSR count). The van der Waals surface area contributed by atoms with Crippen molar-refractivity contribution in [3.05, 3.63) is 58.8 Å². The summed E-state index contributed by atoms with van der Waals surface area (Å²) in [7, 11) is 0. The highest BCUT2D eigenvalue weighted by Gasteiger charge is 2.37. The molecule has 180 valence electrons. The maximum absolute atomic E-state index is 13.8. The zero-order valence-electron chi connectivity index (χ0n) is 20.0. The van der Waals surface area contributed by atoms with E-state index < -0.39 is 5.69 Å². The number of carbonyl (C=O) groups excluding carboxylic acids is 2. The molecular weight excluding hydrogens is 430 g/mol.